The van der Waals surface area contributed by atoms with Crippen molar-refractivity contribution < 1.29 is 9.53 Å². The summed E-state index contributed by atoms with van der Waals surface area (Å²) in [5, 5.41) is 3.85. The molecule has 0 spiro atoms. The molecule has 4 rings (SSSR count). The summed E-state index contributed by atoms with van der Waals surface area (Å²) in [4.78, 5) is 15.3. The van der Waals surface area contributed by atoms with Crippen molar-refractivity contribution in [2.75, 3.05) is 18.4 Å². The van der Waals surface area contributed by atoms with E-state index in [1.165, 1.54) is 0 Å². The maximum atomic E-state index is 13.0. The van der Waals surface area contributed by atoms with E-state index in [-0.39, 0.29) is 11.8 Å². The normalized spacial score (nSPS) is 16.8. The molecule has 1 fully saturated rings. The van der Waals surface area contributed by atoms with Gasteiger partial charge in [-0.15, -0.1) is 0 Å². The molecule has 1 saturated heterocycles. The highest BCUT2D eigenvalue weighted by Gasteiger charge is 2.26. The number of halogens is 1. The molecule has 4 nitrogen and oxygen atoms in total. The second-order valence-electron chi connectivity index (χ2n) is 7.57. The van der Waals surface area contributed by atoms with E-state index in [0.29, 0.717) is 11.4 Å². The fourth-order valence-electron chi connectivity index (χ4n) is 3.79. The zero-order valence-corrected chi connectivity index (χ0v) is 17.5. The Bertz CT molecular complexity index is 993. The van der Waals surface area contributed by atoms with Gasteiger partial charge in [0, 0.05) is 18.1 Å². The molecule has 0 radical (unpaired) electrons. The van der Waals surface area contributed by atoms with E-state index < -0.39 is 0 Å². The van der Waals surface area contributed by atoms with Gasteiger partial charge in [-0.25, -0.2) is 0 Å². The maximum Gasteiger partial charge on any atom is 0.228 e. The number of carbonyl (C=O) groups excluding carboxylic acids is 1. The summed E-state index contributed by atoms with van der Waals surface area (Å²) >= 11 is 6.31. The van der Waals surface area contributed by atoms with Crippen LogP contribution in [0.1, 0.15) is 18.4 Å². The second-order valence-corrected chi connectivity index (χ2v) is 7.97. The molecule has 30 heavy (non-hydrogen) atoms. The number of piperidine rings is 1. The Balaban J connectivity index is 1.41. The number of anilines is 1. The van der Waals surface area contributed by atoms with E-state index in [1.54, 1.807) is 0 Å². The predicted molar refractivity (Wildman–Crippen MR) is 121 cm³/mol. The van der Waals surface area contributed by atoms with Crippen molar-refractivity contribution in [2.24, 2.45) is 5.92 Å². The van der Waals surface area contributed by atoms with Crippen molar-refractivity contribution >= 4 is 23.2 Å². The molecule has 1 amide bonds. The molecule has 0 aromatic heterocycles. The fourth-order valence-corrected chi connectivity index (χ4v) is 3.99. The number of amides is 1. The molecule has 5 heteroatoms. The topological polar surface area (TPSA) is 41.6 Å². The molecule has 0 saturated carbocycles. The van der Waals surface area contributed by atoms with Crippen LogP contribution in [0.2, 0.25) is 5.02 Å². The number of carbonyl (C=O) groups is 1. The average Bonchev–Trinajstić information content (AvgIpc) is 2.78. The van der Waals surface area contributed by atoms with Crippen LogP contribution in [0.3, 0.4) is 0 Å². The number of nitrogens with zero attached hydrogens (tertiary/aromatic N) is 1. The Kier molecular flexibility index (Phi) is 6.67. The van der Waals surface area contributed by atoms with Crippen molar-refractivity contribution in [3.8, 4) is 11.5 Å². The van der Waals surface area contributed by atoms with Crippen LogP contribution < -0.4 is 10.1 Å². The highest BCUT2D eigenvalue weighted by atomic mass is 35.5. The minimum absolute atomic E-state index is 0.0305. The Hall–Kier alpha value is -2.82. The largest absolute Gasteiger partial charge is 0.455 e. The summed E-state index contributed by atoms with van der Waals surface area (Å²) in [5.41, 5.74) is 1.79. The lowest BCUT2D eigenvalue weighted by Crippen LogP contribution is -2.40. The number of hydrogen-bond acceptors (Lipinski definition) is 3. The van der Waals surface area contributed by atoms with Crippen LogP contribution in [0.25, 0.3) is 0 Å². The number of ether oxygens (including phenoxy) is 1. The van der Waals surface area contributed by atoms with Crippen molar-refractivity contribution in [1.29, 1.82) is 0 Å². The average molecular weight is 421 g/mol. The van der Waals surface area contributed by atoms with Crippen LogP contribution in [-0.4, -0.2) is 23.9 Å². The summed E-state index contributed by atoms with van der Waals surface area (Å²) in [7, 11) is 0. The molecule has 0 aliphatic carbocycles. The molecule has 0 bridgehead atoms. The number of likely N-dealkylation sites (tertiary alicyclic amines) is 1. The summed E-state index contributed by atoms with van der Waals surface area (Å²) in [6.07, 6.45) is 1.87. The molecule has 1 N–H and O–H groups in total. The molecule has 3 aromatic rings. The smallest absolute Gasteiger partial charge is 0.228 e. The molecule has 1 atom stereocenters. The second kappa shape index (κ2) is 9.79. The van der Waals surface area contributed by atoms with Gasteiger partial charge in [0.05, 0.1) is 11.6 Å². The first-order valence-electron chi connectivity index (χ1n) is 10.3. The van der Waals surface area contributed by atoms with Crippen LogP contribution in [0, 0.1) is 5.92 Å². The fraction of sp³-hybridized carbons (Fsp3) is 0.240. The number of para-hydroxylation sites is 3. The lowest BCUT2D eigenvalue weighted by molar-refractivity contribution is -0.121. The molecule has 1 heterocycles. The van der Waals surface area contributed by atoms with Crippen molar-refractivity contribution in [1.82, 2.24) is 4.90 Å². The van der Waals surface area contributed by atoms with E-state index in [2.05, 4.69) is 10.2 Å². The summed E-state index contributed by atoms with van der Waals surface area (Å²) in [6.45, 7) is 2.46. The van der Waals surface area contributed by atoms with Crippen molar-refractivity contribution in [3.05, 3.63) is 89.4 Å². The first kappa shape index (κ1) is 20.5. The SMILES string of the molecule is O=C(Nc1ccccc1Oc1ccccc1)C1CCCN(Cc2ccccc2Cl)C1. The maximum absolute atomic E-state index is 13.0. The lowest BCUT2D eigenvalue weighted by atomic mass is 9.96. The monoisotopic (exact) mass is 420 g/mol. The van der Waals surface area contributed by atoms with E-state index >= 15 is 0 Å². The molecule has 1 aliphatic heterocycles. The Morgan fingerprint density at radius 2 is 1.73 bits per heavy atom. The lowest BCUT2D eigenvalue weighted by Gasteiger charge is -2.32. The molecular weight excluding hydrogens is 396 g/mol. The van der Waals surface area contributed by atoms with Gasteiger partial charge in [0.2, 0.25) is 5.91 Å². The third-order valence-electron chi connectivity index (χ3n) is 5.34. The van der Waals surface area contributed by atoms with Gasteiger partial charge < -0.3 is 10.1 Å². The first-order chi connectivity index (χ1) is 14.7. The van der Waals surface area contributed by atoms with Gasteiger partial charge in [0.1, 0.15) is 5.75 Å². The minimum atomic E-state index is -0.0639. The summed E-state index contributed by atoms with van der Waals surface area (Å²) in [5.74, 6) is 1.34. The van der Waals surface area contributed by atoms with Gasteiger partial charge in [-0.3, -0.25) is 9.69 Å². The standard InChI is InChI=1S/C25H25ClN2O2/c26-22-13-5-4-9-19(22)17-28-16-8-10-20(18-28)25(29)27-23-14-6-7-15-24(23)30-21-11-2-1-3-12-21/h1-7,9,11-15,20H,8,10,16-18H2,(H,27,29). The van der Waals surface area contributed by atoms with Crippen molar-refractivity contribution in [2.45, 2.75) is 19.4 Å². The molecule has 3 aromatic carbocycles. The number of rotatable bonds is 6. The third-order valence-corrected chi connectivity index (χ3v) is 5.71. The number of benzene rings is 3. The van der Waals surface area contributed by atoms with Gasteiger partial charge in [0.15, 0.2) is 5.75 Å². The van der Waals surface area contributed by atoms with E-state index in [4.69, 9.17) is 16.3 Å². The first-order valence-corrected chi connectivity index (χ1v) is 10.7. The van der Waals surface area contributed by atoms with Crippen LogP contribution in [-0.2, 0) is 11.3 Å². The Labute approximate surface area is 182 Å². The van der Waals surface area contributed by atoms with Crippen LogP contribution in [0.5, 0.6) is 11.5 Å². The molecular formula is C25H25ClN2O2. The zero-order chi connectivity index (χ0) is 20.8. The quantitative estimate of drug-likeness (QED) is 0.533. The Morgan fingerprint density at radius 3 is 2.57 bits per heavy atom. The minimum Gasteiger partial charge on any atom is -0.455 e. The highest BCUT2D eigenvalue weighted by Crippen LogP contribution is 2.30. The van der Waals surface area contributed by atoms with E-state index in [0.717, 1.165) is 48.8 Å². The summed E-state index contributed by atoms with van der Waals surface area (Å²) < 4.78 is 5.97. The van der Waals surface area contributed by atoms with Crippen LogP contribution >= 0.6 is 11.6 Å². The summed E-state index contributed by atoms with van der Waals surface area (Å²) in [6, 6.07) is 25.0. The highest BCUT2D eigenvalue weighted by molar-refractivity contribution is 6.31. The van der Waals surface area contributed by atoms with Crippen molar-refractivity contribution in [3.63, 3.8) is 0 Å². The number of hydrogen-bond donors (Lipinski definition) is 1. The van der Waals surface area contributed by atoms with Gasteiger partial charge >= 0.3 is 0 Å². The predicted octanol–water partition coefficient (Wildman–Crippen LogP) is 5.98. The molecule has 154 valence electrons. The van der Waals surface area contributed by atoms with E-state index in [9.17, 15) is 4.79 Å². The van der Waals surface area contributed by atoms with Gasteiger partial charge in [-0.1, -0.05) is 60.1 Å². The van der Waals surface area contributed by atoms with Gasteiger partial charge in [0.25, 0.3) is 0 Å². The Morgan fingerprint density at radius 1 is 1.00 bits per heavy atom. The van der Waals surface area contributed by atoms with Crippen LogP contribution in [0.4, 0.5) is 5.69 Å². The molecule has 1 unspecified atom stereocenters. The third kappa shape index (κ3) is 5.21. The van der Waals surface area contributed by atoms with Gasteiger partial charge in [-0.05, 0) is 55.3 Å². The zero-order valence-electron chi connectivity index (χ0n) is 16.8. The number of nitrogens with one attached hydrogen (secondary N) is 1. The van der Waals surface area contributed by atoms with Crippen LogP contribution in [0.15, 0.2) is 78.9 Å². The van der Waals surface area contributed by atoms with Gasteiger partial charge in [-0.2, -0.15) is 0 Å². The molecule has 1 aliphatic rings. The van der Waals surface area contributed by atoms with E-state index in [1.807, 2.05) is 78.9 Å².